The molecule has 1 aromatic rings. The van der Waals surface area contributed by atoms with Crippen LogP contribution in [0.2, 0.25) is 0 Å². The van der Waals surface area contributed by atoms with Crippen LogP contribution in [0.1, 0.15) is 0 Å². The molecule has 0 fully saturated rings. The van der Waals surface area contributed by atoms with Gasteiger partial charge in [0, 0.05) is 5.69 Å². The van der Waals surface area contributed by atoms with Gasteiger partial charge in [-0.15, -0.1) is 12.4 Å². The Morgan fingerprint density at radius 1 is 1.18 bits per heavy atom. The van der Waals surface area contributed by atoms with E-state index < -0.39 is 0 Å². The second kappa shape index (κ2) is 4.18. The van der Waals surface area contributed by atoms with E-state index in [1.54, 1.807) is 12.1 Å². The normalized spacial score (nSPS) is 8.91. The van der Waals surface area contributed by atoms with Crippen LogP contribution in [0.25, 0.3) is 0 Å². The van der Waals surface area contributed by atoms with E-state index in [1.165, 1.54) is 0 Å². The Hall–Kier alpha value is 0.0700. The molecule has 0 unspecified atom stereocenters. The lowest BCUT2D eigenvalue weighted by atomic mass is 10.3. The van der Waals surface area contributed by atoms with Crippen molar-refractivity contribution in [3.8, 4) is 5.75 Å². The maximum absolute atomic E-state index is 9.18. The number of nitrogens with two attached hydrogens (primary N) is 1. The maximum Gasteiger partial charge on any atom is 0.144 e. The second-order valence-electron chi connectivity index (χ2n) is 1.83. The van der Waals surface area contributed by atoms with Crippen molar-refractivity contribution in [3.05, 3.63) is 21.1 Å². The van der Waals surface area contributed by atoms with Crippen LogP contribution in [0.4, 0.5) is 5.69 Å². The van der Waals surface area contributed by atoms with Crippen molar-refractivity contribution in [1.82, 2.24) is 0 Å². The molecule has 0 atom stereocenters. The Labute approximate surface area is 87.5 Å². The van der Waals surface area contributed by atoms with Crippen LogP contribution in [0.3, 0.4) is 0 Å². The fraction of sp³-hybridized carbons (Fsp3) is 0. The highest BCUT2D eigenvalue weighted by Crippen LogP contribution is 2.33. The largest absolute Gasteiger partial charge is 0.506 e. The highest BCUT2D eigenvalue weighted by atomic mass is 79.9. The van der Waals surface area contributed by atoms with E-state index in [9.17, 15) is 5.11 Å². The highest BCUT2D eigenvalue weighted by molar-refractivity contribution is 9.11. The average Bonchev–Trinajstić information content (AvgIpc) is 1.82. The quantitative estimate of drug-likeness (QED) is 0.572. The molecular formula is C6H6Br2ClNO. The third kappa shape index (κ3) is 2.54. The standard InChI is InChI=1S/C6H5Br2NO.ClH/c7-4-1-3(9)2-5(8)6(4)10;/h1-2,10H,9H2;1H. The van der Waals surface area contributed by atoms with E-state index in [-0.39, 0.29) is 18.2 Å². The van der Waals surface area contributed by atoms with Gasteiger partial charge in [0.25, 0.3) is 0 Å². The first kappa shape index (κ1) is 11.1. The Morgan fingerprint density at radius 3 is 1.91 bits per heavy atom. The molecule has 1 aromatic carbocycles. The SMILES string of the molecule is Cl.Nc1cc(Br)c(O)c(Br)c1. The van der Waals surface area contributed by atoms with Gasteiger partial charge in [-0.25, -0.2) is 0 Å². The molecule has 0 aliphatic rings. The van der Waals surface area contributed by atoms with Crippen molar-refractivity contribution in [2.75, 3.05) is 5.73 Å². The fourth-order valence-corrected chi connectivity index (χ4v) is 1.81. The van der Waals surface area contributed by atoms with E-state index in [1.807, 2.05) is 0 Å². The summed E-state index contributed by atoms with van der Waals surface area (Å²) in [5, 5.41) is 9.18. The third-order valence-electron chi connectivity index (χ3n) is 1.04. The van der Waals surface area contributed by atoms with Crippen LogP contribution < -0.4 is 5.73 Å². The van der Waals surface area contributed by atoms with Crippen LogP contribution in [0, 0.1) is 0 Å². The zero-order chi connectivity index (χ0) is 7.72. The van der Waals surface area contributed by atoms with Crippen molar-refractivity contribution in [3.63, 3.8) is 0 Å². The minimum atomic E-state index is 0. The summed E-state index contributed by atoms with van der Waals surface area (Å²) in [6.07, 6.45) is 0. The number of aromatic hydroxyl groups is 1. The molecule has 0 bridgehead atoms. The van der Waals surface area contributed by atoms with Gasteiger partial charge in [-0.05, 0) is 44.0 Å². The van der Waals surface area contributed by atoms with Gasteiger partial charge in [-0.3, -0.25) is 0 Å². The Morgan fingerprint density at radius 2 is 1.55 bits per heavy atom. The molecular weight excluding hydrogens is 297 g/mol. The van der Waals surface area contributed by atoms with Gasteiger partial charge in [-0.2, -0.15) is 0 Å². The van der Waals surface area contributed by atoms with Crippen LogP contribution in [0.5, 0.6) is 5.75 Å². The molecule has 0 radical (unpaired) electrons. The van der Waals surface area contributed by atoms with E-state index in [4.69, 9.17) is 5.73 Å². The van der Waals surface area contributed by atoms with Crippen molar-refractivity contribution >= 4 is 50.0 Å². The predicted molar refractivity (Wildman–Crippen MR) is 55.2 cm³/mol. The maximum atomic E-state index is 9.18. The highest BCUT2D eigenvalue weighted by Gasteiger charge is 2.02. The number of hydrogen-bond acceptors (Lipinski definition) is 2. The summed E-state index contributed by atoms with van der Waals surface area (Å²) in [7, 11) is 0. The first-order valence-corrected chi connectivity index (χ1v) is 4.13. The zero-order valence-corrected chi connectivity index (χ0v) is 9.33. The van der Waals surface area contributed by atoms with Gasteiger partial charge >= 0.3 is 0 Å². The van der Waals surface area contributed by atoms with E-state index in [0.29, 0.717) is 14.6 Å². The van der Waals surface area contributed by atoms with Crippen molar-refractivity contribution in [2.45, 2.75) is 0 Å². The van der Waals surface area contributed by atoms with Gasteiger partial charge in [0.15, 0.2) is 0 Å². The smallest absolute Gasteiger partial charge is 0.144 e. The lowest BCUT2D eigenvalue weighted by molar-refractivity contribution is 0.468. The molecule has 2 nitrogen and oxygen atoms in total. The molecule has 5 heteroatoms. The monoisotopic (exact) mass is 301 g/mol. The summed E-state index contributed by atoms with van der Waals surface area (Å²) >= 11 is 6.27. The van der Waals surface area contributed by atoms with E-state index in [2.05, 4.69) is 31.9 Å². The van der Waals surface area contributed by atoms with Crippen LogP contribution in [0.15, 0.2) is 21.1 Å². The number of anilines is 1. The lowest BCUT2D eigenvalue weighted by Gasteiger charge is -2.00. The third-order valence-corrected chi connectivity index (χ3v) is 2.25. The molecule has 11 heavy (non-hydrogen) atoms. The van der Waals surface area contributed by atoms with Gasteiger partial charge in [0.2, 0.25) is 0 Å². The lowest BCUT2D eigenvalue weighted by Crippen LogP contribution is -1.84. The fourth-order valence-electron chi connectivity index (χ4n) is 0.585. The summed E-state index contributed by atoms with van der Waals surface area (Å²) in [4.78, 5) is 0. The van der Waals surface area contributed by atoms with Crippen molar-refractivity contribution < 1.29 is 5.11 Å². The average molecular weight is 303 g/mol. The summed E-state index contributed by atoms with van der Waals surface area (Å²) in [6.45, 7) is 0. The topological polar surface area (TPSA) is 46.2 Å². The molecule has 62 valence electrons. The van der Waals surface area contributed by atoms with Gasteiger partial charge in [-0.1, -0.05) is 0 Å². The molecule has 0 amide bonds. The first-order valence-electron chi connectivity index (χ1n) is 2.54. The van der Waals surface area contributed by atoms with Crippen LogP contribution in [-0.2, 0) is 0 Å². The second-order valence-corrected chi connectivity index (χ2v) is 3.54. The van der Waals surface area contributed by atoms with Gasteiger partial charge in [0.05, 0.1) is 8.95 Å². The van der Waals surface area contributed by atoms with Crippen molar-refractivity contribution in [2.24, 2.45) is 0 Å². The molecule has 0 aliphatic heterocycles. The van der Waals surface area contributed by atoms with Crippen LogP contribution >= 0.6 is 44.3 Å². The van der Waals surface area contributed by atoms with Crippen molar-refractivity contribution in [1.29, 1.82) is 0 Å². The summed E-state index contributed by atoms with van der Waals surface area (Å²) < 4.78 is 1.19. The summed E-state index contributed by atoms with van der Waals surface area (Å²) in [5.74, 6) is 0.175. The number of phenols is 1. The molecule has 0 heterocycles. The number of halogens is 3. The molecule has 0 spiro atoms. The zero-order valence-electron chi connectivity index (χ0n) is 5.34. The Balaban J connectivity index is 0.000001000. The number of rotatable bonds is 0. The van der Waals surface area contributed by atoms with E-state index >= 15 is 0 Å². The van der Waals surface area contributed by atoms with E-state index in [0.717, 1.165) is 0 Å². The first-order chi connectivity index (χ1) is 4.61. The predicted octanol–water partition coefficient (Wildman–Crippen LogP) is 2.92. The number of benzene rings is 1. The summed E-state index contributed by atoms with van der Waals surface area (Å²) in [5.41, 5.74) is 6.07. The number of nitrogen functional groups attached to an aromatic ring is 1. The number of hydrogen-bond donors (Lipinski definition) is 2. The molecule has 0 aromatic heterocycles. The molecule has 3 N–H and O–H groups in total. The Bertz CT molecular complexity index is 244. The Kier molecular flexibility index (Phi) is 4.21. The summed E-state index contributed by atoms with van der Waals surface area (Å²) in [6, 6.07) is 3.28. The molecule has 0 aliphatic carbocycles. The minimum absolute atomic E-state index is 0. The van der Waals surface area contributed by atoms with Gasteiger partial charge < -0.3 is 10.8 Å². The van der Waals surface area contributed by atoms with Crippen LogP contribution in [-0.4, -0.2) is 5.11 Å². The van der Waals surface area contributed by atoms with Gasteiger partial charge in [0.1, 0.15) is 5.75 Å². The molecule has 0 saturated heterocycles. The number of phenolic OH excluding ortho intramolecular Hbond substituents is 1. The molecule has 0 saturated carbocycles. The molecule has 1 rings (SSSR count). The minimum Gasteiger partial charge on any atom is -0.506 e.